The predicted molar refractivity (Wildman–Crippen MR) is 90.8 cm³/mol. The summed E-state index contributed by atoms with van der Waals surface area (Å²) in [6.45, 7) is 0.622. The number of likely N-dealkylation sites (tertiary alicyclic amines) is 1. The summed E-state index contributed by atoms with van der Waals surface area (Å²) in [5.74, 6) is -1.74. The third kappa shape index (κ3) is 5.18. The summed E-state index contributed by atoms with van der Waals surface area (Å²) < 4.78 is 5.11. The molecule has 136 valence electrons. The minimum absolute atomic E-state index is 0.0716. The number of carbonyl (C=O) groups excluding carboxylic acids is 3. The summed E-state index contributed by atoms with van der Waals surface area (Å²) in [7, 11) is 0. The SMILES string of the molecule is NC(=O)[C@@H]1CCCN(C(=O)COC(=O)c2ccccc2NCCO)C1. The van der Waals surface area contributed by atoms with Crippen molar-refractivity contribution in [2.75, 3.05) is 38.2 Å². The van der Waals surface area contributed by atoms with Crippen LogP contribution in [0.2, 0.25) is 0 Å². The molecular formula is C17H23N3O5. The molecule has 0 spiro atoms. The lowest BCUT2D eigenvalue weighted by atomic mass is 9.97. The van der Waals surface area contributed by atoms with Crippen molar-refractivity contribution >= 4 is 23.5 Å². The van der Waals surface area contributed by atoms with E-state index in [1.54, 1.807) is 24.3 Å². The minimum atomic E-state index is -0.627. The second kappa shape index (κ2) is 9.03. The number of primary amides is 1. The standard InChI is InChI=1S/C17H23N3O5/c18-16(23)12-4-3-8-20(10-12)15(22)11-25-17(24)13-5-1-2-6-14(13)19-7-9-21/h1-2,5-6,12,19,21H,3-4,7-11H2,(H2,18,23)/t12-/m1/s1. The maximum absolute atomic E-state index is 12.2. The van der Waals surface area contributed by atoms with Gasteiger partial charge in [0.05, 0.1) is 18.1 Å². The molecule has 8 nitrogen and oxygen atoms in total. The zero-order valence-electron chi connectivity index (χ0n) is 13.9. The summed E-state index contributed by atoms with van der Waals surface area (Å²) in [6, 6.07) is 6.71. The van der Waals surface area contributed by atoms with E-state index in [0.29, 0.717) is 31.6 Å². The maximum Gasteiger partial charge on any atom is 0.340 e. The molecule has 2 rings (SSSR count). The number of nitrogens with zero attached hydrogens (tertiary/aromatic N) is 1. The van der Waals surface area contributed by atoms with E-state index < -0.39 is 18.5 Å². The van der Waals surface area contributed by atoms with E-state index in [1.807, 2.05) is 0 Å². The van der Waals surface area contributed by atoms with Crippen LogP contribution in [0.15, 0.2) is 24.3 Å². The normalized spacial score (nSPS) is 17.0. The average Bonchev–Trinajstić information content (AvgIpc) is 2.64. The third-order valence-corrected chi connectivity index (χ3v) is 4.08. The van der Waals surface area contributed by atoms with Crippen LogP contribution in [0, 0.1) is 5.92 Å². The van der Waals surface area contributed by atoms with Crippen molar-refractivity contribution in [3.8, 4) is 0 Å². The maximum atomic E-state index is 12.2. The van der Waals surface area contributed by atoms with E-state index in [1.165, 1.54) is 4.90 Å². The Labute approximate surface area is 145 Å². The molecular weight excluding hydrogens is 326 g/mol. The molecule has 0 saturated carbocycles. The number of anilines is 1. The highest BCUT2D eigenvalue weighted by Gasteiger charge is 2.27. The van der Waals surface area contributed by atoms with Crippen molar-refractivity contribution in [3.05, 3.63) is 29.8 Å². The number of piperidine rings is 1. The summed E-state index contributed by atoms with van der Waals surface area (Å²) in [5, 5.41) is 11.8. The number of esters is 1. The van der Waals surface area contributed by atoms with E-state index in [-0.39, 0.29) is 30.5 Å². The van der Waals surface area contributed by atoms with Gasteiger partial charge in [0.25, 0.3) is 5.91 Å². The molecule has 1 saturated heterocycles. The Kier molecular flexibility index (Phi) is 6.76. The Balaban J connectivity index is 1.91. The van der Waals surface area contributed by atoms with Crippen molar-refractivity contribution in [3.63, 3.8) is 0 Å². The lowest BCUT2D eigenvalue weighted by Gasteiger charge is -2.31. The first kappa shape index (κ1) is 18.7. The van der Waals surface area contributed by atoms with E-state index in [4.69, 9.17) is 15.6 Å². The molecule has 0 unspecified atom stereocenters. The zero-order valence-corrected chi connectivity index (χ0v) is 13.9. The van der Waals surface area contributed by atoms with Crippen LogP contribution in [-0.4, -0.2) is 60.6 Å². The molecule has 0 aromatic heterocycles. The predicted octanol–water partition coefficient (Wildman–Crippen LogP) is -0.0285. The monoisotopic (exact) mass is 349 g/mol. The van der Waals surface area contributed by atoms with Gasteiger partial charge < -0.3 is 25.8 Å². The summed E-state index contributed by atoms with van der Waals surface area (Å²) in [5.41, 5.74) is 6.12. The number of nitrogens with two attached hydrogens (primary N) is 1. The molecule has 1 aromatic rings. The fourth-order valence-corrected chi connectivity index (χ4v) is 2.74. The molecule has 2 amide bonds. The molecule has 1 aromatic carbocycles. The molecule has 0 aliphatic carbocycles. The molecule has 1 aliphatic heterocycles. The van der Waals surface area contributed by atoms with Crippen LogP contribution in [0.5, 0.6) is 0 Å². The van der Waals surface area contributed by atoms with E-state index >= 15 is 0 Å². The smallest absolute Gasteiger partial charge is 0.340 e. The second-order valence-electron chi connectivity index (χ2n) is 5.85. The number of hydrogen-bond acceptors (Lipinski definition) is 6. The van der Waals surface area contributed by atoms with Gasteiger partial charge in [-0.05, 0) is 25.0 Å². The molecule has 1 atom stereocenters. The number of aliphatic hydroxyl groups excluding tert-OH is 1. The van der Waals surface area contributed by atoms with Crippen LogP contribution in [0.3, 0.4) is 0 Å². The van der Waals surface area contributed by atoms with Gasteiger partial charge in [-0.2, -0.15) is 0 Å². The van der Waals surface area contributed by atoms with Gasteiger partial charge in [0.1, 0.15) is 0 Å². The fraction of sp³-hybridized carbons (Fsp3) is 0.471. The third-order valence-electron chi connectivity index (χ3n) is 4.08. The minimum Gasteiger partial charge on any atom is -0.452 e. The molecule has 0 bridgehead atoms. The van der Waals surface area contributed by atoms with Gasteiger partial charge in [-0.1, -0.05) is 12.1 Å². The second-order valence-corrected chi connectivity index (χ2v) is 5.85. The highest BCUT2D eigenvalue weighted by atomic mass is 16.5. The van der Waals surface area contributed by atoms with Gasteiger partial charge in [0.2, 0.25) is 5.91 Å². The first-order chi connectivity index (χ1) is 12.0. The summed E-state index contributed by atoms with van der Waals surface area (Å²) in [6.07, 6.45) is 1.37. The molecule has 8 heteroatoms. The zero-order chi connectivity index (χ0) is 18.2. The Morgan fingerprint density at radius 3 is 2.80 bits per heavy atom. The number of rotatable bonds is 7. The lowest BCUT2D eigenvalue weighted by molar-refractivity contribution is -0.137. The Morgan fingerprint density at radius 2 is 2.08 bits per heavy atom. The molecule has 1 aliphatic rings. The van der Waals surface area contributed by atoms with Crippen LogP contribution >= 0.6 is 0 Å². The van der Waals surface area contributed by atoms with E-state index in [2.05, 4.69) is 5.32 Å². The number of benzene rings is 1. The number of amides is 2. The average molecular weight is 349 g/mol. The number of para-hydroxylation sites is 1. The first-order valence-corrected chi connectivity index (χ1v) is 8.21. The van der Waals surface area contributed by atoms with Gasteiger partial charge in [0, 0.05) is 25.3 Å². The number of aliphatic hydroxyl groups is 1. The van der Waals surface area contributed by atoms with Crippen LogP contribution in [0.1, 0.15) is 23.2 Å². The molecule has 1 heterocycles. The quantitative estimate of drug-likeness (QED) is 0.594. The van der Waals surface area contributed by atoms with Gasteiger partial charge in [-0.15, -0.1) is 0 Å². The molecule has 1 fully saturated rings. The van der Waals surface area contributed by atoms with Gasteiger partial charge in [-0.3, -0.25) is 9.59 Å². The highest BCUT2D eigenvalue weighted by Crippen LogP contribution is 2.18. The Hall–Kier alpha value is -2.61. The molecule has 0 radical (unpaired) electrons. The van der Waals surface area contributed by atoms with Crippen molar-refractivity contribution in [2.24, 2.45) is 11.7 Å². The van der Waals surface area contributed by atoms with E-state index in [0.717, 1.165) is 0 Å². The van der Waals surface area contributed by atoms with Gasteiger partial charge in [0.15, 0.2) is 6.61 Å². The Morgan fingerprint density at radius 1 is 1.32 bits per heavy atom. The lowest BCUT2D eigenvalue weighted by Crippen LogP contribution is -2.45. The van der Waals surface area contributed by atoms with Gasteiger partial charge in [-0.25, -0.2) is 4.79 Å². The fourth-order valence-electron chi connectivity index (χ4n) is 2.74. The summed E-state index contributed by atoms with van der Waals surface area (Å²) >= 11 is 0. The number of carbonyl (C=O) groups is 3. The first-order valence-electron chi connectivity index (χ1n) is 8.21. The number of ether oxygens (including phenoxy) is 1. The topological polar surface area (TPSA) is 122 Å². The van der Waals surface area contributed by atoms with Crippen LogP contribution in [0.25, 0.3) is 0 Å². The largest absolute Gasteiger partial charge is 0.452 e. The molecule has 25 heavy (non-hydrogen) atoms. The van der Waals surface area contributed by atoms with Crippen LogP contribution < -0.4 is 11.1 Å². The van der Waals surface area contributed by atoms with Crippen molar-refractivity contribution in [2.45, 2.75) is 12.8 Å². The van der Waals surface area contributed by atoms with Crippen LogP contribution in [-0.2, 0) is 14.3 Å². The number of nitrogens with one attached hydrogen (secondary N) is 1. The van der Waals surface area contributed by atoms with Crippen molar-refractivity contribution < 1.29 is 24.2 Å². The van der Waals surface area contributed by atoms with Crippen molar-refractivity contribution in [1.29, 1.82) is 0 Å². The summed E-state index contributed by atoms with van der Waals surface area (Å²) in [4.78, 5) is 37.2. The Bertz CT molecular complexity index is 634. The molecule has 4 N–H and O–H groups in total. The van der Waals surface area contributed by atoms with Crippen molar-refractivity contribution in [1.82, 2.24) is 4.90 Å². The number of hydrogen-bond donors (Lipinski definition) is 3. The van der Waals surface area contributed by atoms with Crippen LogP contribution in [0.4, 0.5) is 5.69 Å². The van der Waals surface area contributed by atoms with Gasteiger partial charge >= 0.3 is 5.97 Å². The van der Waals surface area contributed by atoms with E-state index in [9.17, 15) is 14.4 Å². The highest BCUT2D eigenvalue weighted by molar-refractivity contribution is 5.96.